The highest BCUT2D eigenvalue weighted by Gasteiger charge is 2.19. The summed E-state index contributed by atoms with van der Waals surface area (Å²) in [5.74, 6) is 0. The van der Waals surface area contributed by atoms with Gasteiger partial charge >= 0.3 is 12.1 Å². The second-order valence-electron chi connectivity index (χ2n) is 6.80. The van der Waals surface area contributed by atoms with Crippen molar-refractivity contribution in [3.05, 3.63) is 108 Å². The lowest BCUT2D eigenvalue weighted by Gasteiger charge is -2.22. The van der Waals surface area contributed by atoms with Gasteiger partial charge in [-0.1, -0.05) is 91.0 Å². The maximum atomic E-state index is 12.6. The molecule has 0 aliphatic carbocycles. The molecule has 3 amide bonds. The molecule has 6 heteroatoms. The van der Waals surface area contributed by atoms with Crippen molar-refractivity contribution in [2.45, 2.75) is 25.7 Å². The van der Waals surface area contributed by atoms with Crippen molar-refractivity contribution in [3.63, 3.8) is 0 Å². The maximum absolute atomic E-state index is 12.6. The number of ether oxygens (including phenoxy) is 1. The molecule has 0 spiro atoms. The molecule has 3 aromatic carbocycles. The van der Waals surface area contributed by atoms with Gasteiger partial charge < -0.3 is 15.4 Å². The Morgan fingerprint density at radius 1 is 0.733 bits per heavy atom. The van der Waals surface area contributed by atoms with E-state index >= 15 is 0 Å². The van der Waals surface area contributed by atoms with Gasteiger partial charge in [-0.15, -0.1) is 0 Å². The quantitative estimate of drug-likeness (QED) is 0.502. The van der Waals surface area contributed by atoms with Crippen LogP contribution in [0, 0.1) is 0 Å². The van der Waals surface area contributed by atoms with Gasteiger partial charge in [0.25, 0.3) is 0 Å². The van der Waals surface area contributed by atoms with Gasteiger partial charge in [-0.3, -0.25) is 5.32 Å². The number of carbonyl (C=O) groups is 2. The van der Waals surface area contributed by atoms with E-state index in [1.807, 2.05) is 97.9 Å². The topological polar surface area (TPSA) is 79.5 Å². The highest BCUT2D eigenvalue weighted by Crippen LogP contribution is 2.13. The molecule has 3 N–H and O–H groups in total. The zero-order valence-corrected chi connectivity index (χ0v) is 16.7. The Morgan fingerprint density at radius 2 is 1.27 bits per heavy atom. The normalized spacial score (nSPS) is 12.3. The lowest BCUT2D eigenvalue weighted by molar-refractivity contribution is 0.134. The van der Waals surface area contributed by atoms with Crippen molar-refractivity contribution < 1.29 is 14.3 Å². The first-order chi connectivity index (χ1) is 14.6. The zero-order chi connectivity index (χ0) is 21.2. The Labute approximate surface area is 176 Å². The summed E-state index contributed by atoms with van der Waals surface area (Å²) >= 11 is 0. The lowest BCUT2D eigenvalue weighted by atomic mass is 10.1. The molecule has 0 saturated heterocycles. The summed E-state index contributed by atoms with van der Waals surface area (Å²) in [6, 6.07) is 27.7. The van der Waals surface area contributed by atoms with Gasteiger partial charge in [0.05, 0.1) is 6.04 Å². The standard InChI is InChI=1S/C24H25N3O3/c1-18(20-13-7-3-8-14-20)25-23(28)26-22(21-15-9-4-10-16-21)27-24(29)30-17-19-11-5-2-6-12-19/h2-16,18,22H,17H2,1H3,(H,27,29)(H2,25,26,28)/t18-,22+/m1/s1. The van der Waals surface area contributed by atoms with E-state index in [4.69, 9.17) is 4.74 Å². The second-order valence-corrected chi connectivity index (χ2v) is 6.80. The summed E-state index contributed by atoms with van der Waals surface area (Å²) in [6.45, 7) is 2.04. The number of hydrogen-bond acceptors (Lipinski definition) is 3. The number of urea groups is 1. The summed E-state index contributed by atoms with van der Waals surface area (Å²) in [4.78, 5) is 24.9. The molecule has 0 radical (unpaired) electrons. The minimum absolute atomic E-state index is 0.144. The van der Waals surface area contributed by atoms with Crippen LogP contribution in [0.15, 0.2) is 91.0 Å². The summed E-state index contributed by atoms with van der Waals surface area (Å²) in [5, 5.41) is 8.40. The largest absolute Gasteiger partial charge is 0.445 e. The van der Waals surface area contributed by atoms with Crippen molar-refractivity contribution in [3.8, 4) is 0 Å². The molecule has 0 aromatic heterocycles. The fourth-order valence-electron chi connectivity index (χ4n) is 2.93. The van der Waals surface area contributed by atoms with Gasteiger partial charge in [-0.25, -0.2) is 9.59 Å². The SMILES string of the molecule is C[C@@H](NC(=O)N[C@@H](NC(=O)OCc1ccccc1)c1ccccc1)c1ccccc1. The van der Waals surface area contributed by atoms with Crippen molar-refractivity contribution in [2.75, 3.05) is 0 Å². The third-order valence-corrected chi connectivity index (χ3v) is 4.53. The number of hydrogen-bond donors (Lipinski definition) is 3. The zero-order valence-electron chi connectivity index (χ0n) is 16.7. The first kappa shape index (κ1) is 20.9. The first-order valence-corrected chi connectivity index (χ1v) is 9.76. The summed E-state index contributed by atoms with van der Waals surface area (Å²) in [5.41, 5.74) is 2.60. The minimum Gasteiger partial charge on any atom is -0.445 e. The van der Waals surface area contributed by atoms with E-state index < -0.39 is 18.3 Å². The molecule has 0 saturated carbocycles. The highest BCUT2D eigenvalue weighted by molar-refractivity contribution is 5.76. The average Bonchev–Trinajstić information content (AvgIpc) is 2.79. The van der Waals surface area contributed by atoms with Crippen LogP contribution in [0.2, 0.25) is 0 Å². The molecular formula is C24H25N3O3. The van der Waals surface area contributed by atoms with Crippen LogP contribution in [0.5, 0.6) is 0 Å². The van der Waals surface area contributed by atoms with Gasteiger partial charge in [0.1, 0.15) is 12.8 Å². The molecule has 0 heterocycles. The minimum atomic E-state index is -0.738. The van der Waals surface area contributed by atoms with E-state index in [1.54, 1.807) is 0 Å². The van der Waals surface area contributed by atoms with E-state index in [9.17, 15) is 9.59 Å². The van der Waals surface area contributed by atoms with Crippen molar-refractivity contribution >= 4 is 12.1 Å². The Morgan fingerprint density at radius 3 is 1.87 bits per heavy atom. The van der Waals surface area contributed by atoms with E-state index in [0.717, 1.165) is 16.7 Å². The smallest absolute Gasteiger partial charge is 0.409 e. The second kappa shape index (κ2) is 10.7. The molecule has 0 bridgehead atoms. The molecule has 0 aliphatic rings. The van der Waals surface area contributed by atoms with Gasteiger partial charge in [-0.2, -0.15) is 0 Å². The highest BCUT2D eigenvalue weighted by atomic mass is 16.5. The monoisotopic (exact) mass is 403 g/mol. The van der Waals surface area contributed by atoms with Gasteiger partial charge in [0.15, 0.2) is 0 Å². The number of carbonyl (C=O) groups excluding carboxylic acids is 2. The van der Waals surface area contributed by atoms with Crippen LogP contribution >= 0.6 is 0 Å². The Bertz CT molecular complexity index is 934. The number of nitrogens with one attached hydrogen (secondary N) is 3. The molecule has 2 atom stereocenters. The van der Waals surface area contributed by atoms with Crippen LogP contribution in [0.3, 0.4) is 0 Å². The first-order valence-electron chi connectivity index (χ1n) is 9.76. The lowest BCUT2D eigenvalue weighted by Crippen LogP contribution is -2.46. The molecular weight excluding hydrogens is 378 g/mol. The molecule has 0 unspecified atom stereocenters. The van der Waals surface area contributed by atoms with Crippen molar-refractivity contribution in [1.82, 2.24) is 16.0 Å². The number of rotatable bonds is 7. The molecule has 154 valence electrons. The molecule has 30 heavy (non-hydrogen) atoms. The predicted molar refractivity (Wildman–Crippen MR) is 115 cm³/mol. The third-order valence-electron chi connectivity index (χ3n) is 4.53. The van der Waals surface area contributed by atoms with E-state index in [1.165, 1.54) is 0 Å². The summed E-state index contributed by atoms with van der Waals surface area (Å²) < 4.78 is 5.29. The van der Waals surface area contributed by atoms with E-state index in [-0.39, 0.29) is 12.6 Å². The number of alkyl carbamates (subject to hydrolysis) is 1. The van der Waals surface area contributed by atoms with Crippen molar-refractivity contribution in [2.24, 2.45) is 0 Å². The summed E-state index contributed by atoms with van der Waals surface area (Å²) in [7, 11) is 0. The summed E-state index contributed by atoms with van der Waals surface area (Å²) in [6.07, 6.45) is -1.36. The fourth-order valence-corrected chi connectivity index (χ4v) is 2.93. The van der Waals surface area contributed by atoms with Crippen LogP contribution in [0.25, 0.3) is 0 Å². The molecule has 6 nitrogen and oxygen atoms in total. The number of benzene rings is 3. The predicted octanol–water partition coefficient (Wildman–Crippen LogP) is 4.67. The van der Waals surface area contributed by atoms with E-state index in [0.29, 0.717) is 0 Å². The molecule has 0 fully saturated rings. The van der Waals surface area contributed by atoms with Gasteiger partial charge in [0, 0.05) is 0 Å². The maximum Gasteiger partial charge on any atom is 0.409 e. The Hall–Kier alpha value is -3.80. The van der Waals surface area contributed by atoms with Crippen LogP contribution < -0.4 is 16.0 Å². The Balaban J connectivity index is 1.61. The Kier molecular flexibility index (Phi) is 7.44. The fraction of sp³-hybridized carbons (Fsp3) is 0.167. The molecule has 0 aliphatic heterocycles. The van der Waals surface area contributed by atoms with Crippen LogP contribution in [0.4, 0.5) is 9.59 Å². The van der Waals surface area contributed by atoms with Crippen LogP contribution in [-0.2, 0) is 11.3 Å². The van der Waals surface area contributed by atoms with Crippen LogP contribution in [-0.4, -0.2) is 12.1 Å². The van der Waals surface area contributed by atoms with Gasteiger partial charge in [0.2, 0.25) is 0 Å². The molecule has 3 rings (SSSR count). The van der Waals surface area contributed by atoms with Crippen molar-refractivity contribution in [1.29, 1.82) is 0 Å². The molecule has 3 aromatic rings. The number of amides is 3. The van der Waals surface area contributed by atoms with Crippen LogP contribution in [0.1, 0.15) is 35.8 Å². The van der Waals surface area contributed by atoms with Gasteiger partial charge in [-0.05, 0) is 23.6 Å². The van der Waals surface area contributed by atoms with E-state index in [2.05, 4.69) is 16.0 Å². The average molecular weight is 403 g/mol. The third kappa shape index (κ3) is 6.38.